The molecule has 4 heteroatoms. The number of rotatable bonds is 7. The van der Waals surface area contributed by atoms with E-state index >= 15 is 0 Å². The van der Waals surface area contributed by atoms with Crippen LogP contribution in [-0.2, 0) is 6.54 Å². The number of nitrogens with zero attached hydrogens (tertiary/aromatic N) is 2. The lowest BCUT2D eigenvalue weighted by Crippen LogP contribution is -2.16. The molecule has 0 aromatic carbocycles. The molecule has 0 atom stereocenters. The molecule has 0 radical (unpaired) electrons. The minimum absolute atomic E-state index is 0.520. The maximum atomic E-state index is 5.61. The predicted octanol–water partition coefficient (Wildman–Crippen LogP) is 2.46. The molecule has 0 aliphatic heterocycles. The van der Waals surface area contributed by atoms with Crippen LogP contribution in [0.5, 0.6) is 6.01 Å². The van der Waals surface area contributed by atoms with Crippen molar-refractivity contribution in [1.29, 1.82) is 0 Å². The molecule has 0 saturated heterocycles. The molecule has 0 spiro atoms. The molecule has 1 heterocycles. The van der Waals surface area contributed by atoms with E-state index in [0.717, 1.165) is 43.3 Å². The Labute approximate surface area is 109 Å². The van der Waals surface area contributed by atoms with Gasteiger partial charge in [0.05, 0.1) is 6.61 Å². The maximum Gasteiger partial charge on any atom is 0.316 e. The number of hydrogen-bond donors (Lipinski definition) is 1. The first-order valence-corrected chi connectivity index (χ1v) is 6.95. The first-order chi connectivity index (χ1) is 8.79. The Balaban J connectivity index is 1.79. The van der Waals surface area contributed by atoms with Crippen LogP contribution in [-0.4, -0.2) is 23.1 Å². The summed E-state index contributed by atoms with van der Waals surface area (Å²) in [5, 5.41) is 3.28. The van der Waals surface area contributed by atoms with Crippen molar-refractivity contribution in [3.63, 3.8) is 0 Å². The van der Waals surface area contributed by atoms with Crippen molar-refractivity contribution in [2.75, 3.05) is 13.2 Å². The second-order valence-electron chi connectivity index (χ2n) is 4.98. The highest BCUT2D eigenvalue weighted by atomic mass is 16.5. The Kier molecular flexibility index (Phi) is 4.93. The zero-order valence-corrected chi connectivity index (χ0v) is 11.4. The van der Waals surface area contributed by atoms with E-state index < -0.39 is 0 Å². The summed E-state index contributed by atoms with van der Waals surface area (Å²) in [6, 6.07) is 0.520. The zero-order valence-electron chi connectivity index (χ0n) is 11.4. The van der Waals surface area contributed by atoms with E-state index in [2.05, 4.69) is 22.2 Å². The van der Waals surface area contributed by atoms with Crippen molar-refractivity contribution >= 4 is 0 Å². The second kappa shape index (κ2) is 6.69. The normalized spacial score (nSPS) is 15.4. The third-order valence-corrected chi connectivity index (χ3v) is 3.61. The molecule has 0 amide bonds. The fourth-order valence-electron chi connectivity index (χ4n) is 2.07. The van der Waals surface area contributed by atoms with Gasteiger partial charge in [0.2, 0.25) is 0 Å². The molecule has 1 fully saturated rings. The molecule has 1 aliphatic rings. The van der Waals surface area contributed by atoms with E-state index in [0.29, 0.717) is 6.01 Å². The van der Waals surface area contributed by atoms with Gasteiger partial charge in [0.15, 0.2) is 0 Å². The summed E-state index contributed by atoms with van der Waals surface area (Å²) >= 11 is 0. The van der Waals surface area contributed by atoms with Crippen molar-refractivity contribution in [3.05, 3.63) is 17.5 Å². The standard InChI is InChI=1S/C14H23N3O/c1-3-15-9-13-10-16-14(17-11(13)2)18-8-7-12-5-4-6-12/h10,12,15H,3-9H2,1-2H3. The molecule has 0 bridgehead atoms. The molecule has 2 rings (SSSR count). The smallest absolute Gasteiger partial charge is 0.316 e. The molecule has 0 unspecified atom stereocenters. The van der Waals surface area contributed by atoms with Gasteiger partial charge in [-0.3, -0.25) is 0 Å². The fraction of sp³-hybridized carbons (Fsp3) is 0.714. The summed E-state index contributed by atoms with van der Waals surface area (Å²) in [5.74, 6) is 0.874. The summed E-state index contributed by atoms with van der Waals surface area (Å²) < 4.78 is 5.61. The van der Waals surface area contributed by atoms with Crippen LogP contribution < -0.4 is 10.1 Å². The molecule has 100 valence electrons. The average Bonchev–Trinajstić information content (AvgIpc) is 2.31. The van der Waals surface area contributed by atoms with E-state index in [1.807, 2.05) is 13.1 Å². The van der Waals surface area contributed by atoms with Crippen LogP contribution in [0.25, 0.3) is 0 Å². The Morgan fingerprint density at radius 3 is 2.89 bits per heavy atom. The molecule has 1 aromatic rings. The number of hydrogen-bond acceptors (Lipinski definition) is 4. The van der Waals surface area contributed by atoms with Gasteiger partial charge in [-0.1, -0.05) is 26.2 Å². The number of nitrogens with one attached hydrogen (secondary N) is 1. The molecule has 1 aromatic heterocycles. The average molecular weight is 249 g/mol. The highest BCUT2D eigenvalue weighted by Crippen LogP contribution is 2.29. The maximum absolute atomic E-state index is 5.61. The largest absolute Gasteiger partial charge is 0.463 e. The number of aromatic nitrogens is 2. The summed E-state index contributed by atoms with van der Waals surface area (Å²) in [6.07, 6.45) is 7.13. The van der Waals surface area contributed by atoms with Crippen LogP contribution in [0.15, 0.2) is 6.20 Å². The minimum atomic E-state index is 0.520. The van der Waals surface area contributed by atoms with Gasteiger partial charge < -0.3 is 10.1 Å². The monoisotopic (exact) mass is 249 g/mol. The van der Waals surface area contributed by atoms with Gasteiger partial charge in [-0.15, -0.1) is 0 Å². The topological polar surface area (TPSA) is 47.0 Å². The van der Waals surface area contributed by atoms with Gasteiger partial charge in [0.25, 0.3) is 0 Å². The van der Waals surface area contributed by atoms with Crippen LogP contribution in [0.4, 0.5) is 0 Å². The van der Waals surface area contributed by atoms with Gasteiger partial charge in [0.1, 0.15) is 0 Å². The third kappa shape index (κ3) is 3.67. The third-order valence-electron chi connectivity index (χ3n) is 3.61. The predicted molar refractivity (Wildman–Crippen MR) is 71.6 cm³/mol. The number of ether oxygens (including phenoxy) is 1. The minimum Gasteiger partial charge on any atom is -0.463 e. The summed E-state index contributed by atoms with van der Waals surface area (Å²) in [5.41, 5.74) is 2.15. The molecule has 18 heavy (non-hydrogen) atoms. The lowest BCUT2D eigenvalue weighted by atomic mass is 9.83. The van der Waals surface area contributed by atoms with Gasteiger partial charge >= 0.3 is 6.01 Å². The highest BCUT2D eigenvalue weighted by molar-refractivity contribution is 5.17. The first kappa shape index (κ1) is 13.3. The Bertz CT molecular complexity index is 377. The van der Waals surface area contributed by atoms with Gasteiger partial charge in [-0.05, 0) is 25.8 Å². The zero-order chi connectivity index (χ0) is 12.8. The van der Waals surface area contributed by atoms with Crippen molar-refractivity contribution < 1.29 is 4.74 Å². The van der Waals surface area contributed by atoms with Gasteiger partial charge in [0, 0.05) is 24.0 Å². The highest BCUT2D eigenvalue weighted by Gasteiger charge is 2.17. The lowest BCUT2D eigenvalue weighted by molar-refractivity contribution is 0.211. The molecular formula is C14H23N3O. The van der Waals surface area contributed by atoms with E-state index in [1.165, 1.54) is 19.3 Å². The molecule has 1 aliphatic carbocycles. The Hall–Kier alpha value is -1.16. The molecule has 1 N–H and O–H groups in total. The number of aryl methyl sites for hydroxylation is 1. The van der Waals surface area contributed by atoms with Crippen LogP contribution in [0, 0.1) is 12.8 Å². The van der Waals surface area contributed by atoms with E-state index in [9.17, 15) is 0 Å². The van der Waals surface area contributed by atoms with Crippen LogP contribution in [0.3, 0.4) is 0 Å². The Morgan fingerprint density at radius 1 is 1.44 bits per heavy atom. The van der Waals surface area contributed by atoms with Crippen LogP contribution in [0.2, 0.25) is 0 Å². The van der Waals surface area contributed by atoms with Crippen LogP contribution >= 0.6 is 0 Å². The van der Waals surface area contributed by atoms with Gasteiger partial charge in [-0.2, -0.15) is 0 Å². The molecule has 1 saturated carbocycles. The SMILES string of the molecule is CCNCc1cnc(OCCC2CCC2)nc1C. The summed E-state index contributed by atoms with van der Waals surface area (Å²) in [7, 11) is 0. The van der Waals surface area contributed by atoms with Crippen molar-refractivity contribution in [2.24, 2.45) is 5.92 Å². The Morgan fingerprint density at radius 2 is 2.28 bits per heavy atom. The quantitative estimate of drug-likeness (QED) is 0.806. The summed E-state index contributed by atoms with van der Waals surface area (Å²) in [4.78, 5) is 8.65. The summed E-state index contributed by atoms with van der Waals surface area (Å²) in [6.45, 7) is 6.63. The van der Waals surface area contributed by atoms with Crippen molar-refractivity contribution in [1.82, 2.24) is 15.3 Å². The van der Waals surface area contributed by atoms with E-state index in [1.54, 1.807) is 0 Å². The first-order valence-electron chi connectivity index (χ1n) is 6.95. The lowest BCUT2D eigenvalue weighted by Gasteiger charge is -2.24. The fourth-order valence-corrected chi connectivity index (χ4v) is 2.07. The second-order valence-corrected chi connectivity index (χ2v) is 4.98. The van der Waals surface area contributed by atoms with E-state index in [-0.39, 0.29) is 0 Å². The van der Waals surface area contributed by atoms with Crippen molar-refractivity contribution in [2.45, 2.75) is 46.1 Å². The molecular weight excluding hydrogens is 226 g/mol. The van der Waals surface area contributed by atoms with Gasteiger partial charge in [-0.25, -0.2) is 9.97 Å². The van der Waals surface area contributed by atoms with Crippen LogP contribution in [0.1, 0.15) is 43.9 Å². The molecule has 4 nitrogen and oxygen atoms in total. The van der Waals surface area contributed by atoms with Crippen molar-refractivity contribution in [3.8, 4) is 6.01 Å². The van der Waals surface area contributed by atoms with E-state index in [4.69, 9.17) is 4.74 Å².